The van der Waals surface area contributed by atoms with Gasteiger partial charge in [-0.15, -0.1) is 0 Å². The Morgan fingerprint density at radius 2 is 1.11 bits per heavy atom. The molecular weight excluding hydrogens is 509 g/mol. The van der Waals surface area contributed by atoms with Crippen LogP contribution in [0.3, 0.4) is 0 Å². The second kappa shape index (κ2) is 13.2. The lowest BCUT2D eigenvalue weighted by Gasteiger charge is -2.50. The highest BCUT2D eigenvalue weighted by Crippen LogP contribution is 2.47. The van der Waals surface area contributed by atoms with Gasteiger partial charge in [-0.25, -0.2) is 0 Å². The molecule has 0 aliphatic heterocycles. The monoisotopic (exact) mass is 574 g/mol. The fraction of sp³-hybridized carbons (Fsp3) is 0.967. The van der Waals surface area contributed by atoms with Crippen LogP contribution in [0.4, 0.5) is 0 Å². The molecule has 0 aromatic rings. The molecule has 0 aliphatic rings. The number of aldehydes is 1. The van der Waals surface area contributed by atoms with Gasteiger partial charge in [0, 0.05) is 25.4 Å². The van der Waals surface area contributed by atoms with Crippen molar-refractivity contribution in [1.82, 2.24) is 0 Å². The molecule has 0 heterocycles. The Morgan fingerprint density at radius 1 is 0.703 bits per heavy atom. The largest absolute Gasteiger partial charge is 0.416 e. The van der Waals surface area contributed by atoms with Crippen LogP contribution in [0.25, 0.3) is 0 Å². The lowest BCUT2D eigenvalue weighted by molar-refractivity contribution is -0.110. The summed E-state index contributed by atoms with van der Waals surface area (Å²) < 4.78 is 21.2. The minimum Gasteiger partial charge on any atom is -0.416 e. The van der Waals surface area contributed by atoms with Crippen molar-refractivity contribution in [1.29, 1.82) is 0 Å². The number of hydrogen-bond donors (Lipinski definition) is 0. The minimum atomic E-state index is -2.16. The van der Waals surface area contributed by atoms with Crippen molar-refractivity contribution in [3.8, 4) is 0 Å². The molecule has 0 fully saturated rings. The Balaban J connectivity index is 6.48. The van der Waals surface area contributed by atoms with Gasteiger partial charge in [0.25, 0.3) is 0 Å². The van der Waals surface area contributed by atoms with Crippen LogP contribution in [0.5, 0.6) is 0 Å². The van der Waals surface area contributed by atoms with Crippen molar-refractivity contribution in [2.24, 2.45) is 5.92 Å². The Kier molecular flexibility index (Phi) is 13.3. The third-order valence-electron chi connectivity index (χ3n) is 9.91. The van der Waals surface area contributed by atoms with Gasteiger partial charge in [-0.3, -0.25) is 0 Å². The average Bonchev–Trinajstić information content (AvgIpc) is 2.67. The first-order chi connectivity index (χ1) is 16.3. The fourth-order valence-electron chi connectivity index (χ4n) is 5.23. The van der Waals surface area contributed by atoms with Crippen LogP contribution in [0, 0.1) is 5.92 Å². The molecule has 0 unspecified atom stereocenters. The molecule has 0 saturated carbocycles. The van der Waals surface area contributed by atoms with Gasteiger partial charge in [0.2, 0.25) is 8.32 Å². The first-order valence-electron chi connectivity index (χ1n) is 14.8. The third kappa shape index (κ3) is 9.38. The van der Waals surface area contributed by atoms with Crippen LogP contribution in [-0.2, 0) is 18.1 Å². The smallest absolute Gasteiger partial charge is 0.200 e. The number of carbonyl (C=O) groups is 1. The lowest BCUT2D eigenvalue weighted by Crippen LogP contribution is -2.56. The molecule has 0 amide bonds. The van der Waals surface area contributed by atoms with Gasteiger partial charge in [0.1, 0.15) is 6.29 Å². The van der Waals surface area contributed by atoms with Crippen molar-refractivity contribution >= 4 is 31.2 Å². The molecular formula is C30H66O4Si3. The lowest BCUT2D eigenvalue weighted by atomic mass is 9.85. The van der Waals surface area contributed by atoms with E-state index in [0.29, 0.717) is 36.1 Å². The Morgan fingerprint density at radius 3 is 1.43 bits per heavy atom. The second-order valence-electron chi connectivity index (χ2n) is 15.8. The van der Waals surface area contributed by atoms with Gasteiger partial charge in [0.05, 0.1) is 11.7 Å². The van der Waals surface area contributed by atoms with E-state index in [1.54, 1.807) is 0 Å². The number of hydrogen-bond acceptors (Lipinski definition) is 4. The Labute approximate surface area is 235 Å². The molecule has 0 saturated heterocycles. The summed E-state index contributed by atoms with van der Waals surface area (Å²) in [5.41, 5.74) is 0.945. The molecule has 0 aromatic carbocycles. The third-order valence-corrected chi connectivity index (χ3v) is 25.2. The molecule has 3 atom stereocenters. The van der Waals surface area contributed by atoms with Crippen LogP contribution in [-0.4, -0.2) is 49.6 Å². The van der Waals surface area contributed by atoms with Gasteiger partial charge in [0.15, 0.2) is 16.6 Å². The molecule has 0 aliphatic carbocycles. The van der Waals surface area contributed by atoms with E-state index in [9.17, 15) is 4.79 Å². The van der Waals surface area contributed by atoms with Crippen LogP contribution in [0.1, 0.15) is 110 Å². The van der Waals surface area contributed by atoms with Gasteiger partial charge in [-0.05, 0) is 59.8 Å². The van der Waals surface area contributed by atoms with Crippen molar-refractivity contribution in [3.05, 3.63) is 0 Å². The van der Waals surface area contributed by atoms with Crippen molar-refractivity contribution < 1.29 is 18.1 Å². The maximum atomic E-state index is 12.0. The van der Waals surface area contributed by atoms with Crippen molar-refractivity contribution in [2.75, 3.05) is 6.61 Å². The van der Waals surface area contributed by atoms with E-state index in [4.69, 9.17) is 13.3 Å². The fourth-order valence-corrected chi connectivity index (χ4v) is 13.7. The van der Waals surface area contributed by atoms with Gasteiger partial charge < -0.3 is 18.1 Å². The summed E-state index contributed by atoms with van der Waals surface area (Å²) in [6.45, 7) is 42.1. The molecule has 4 nitrogen and oxygen atoms in total. The molecule has 37 heavy (non-hydrogen) atoms. The molecule has 0 rings (SSSR count). The second-order valence-corrected chi connectivity index (χ2v) is 30.8. The Hall–Kier alpha value is 0.201. The van der Waals surface area contributed by atoms with E-state index in [0.717, 1.165) is 6.29 Å². The van der Waals surface area contributed by atoms with Gasteiger partial charge >= 0.3 is 0 Å². The van der Waals surface area contributed by atoms with Crippen LogP contribution >= 0.6 is 0 Å². The van der Waals surface area contributed by atoms with E-state index < -0.39 is 30.6 Å². The van der Waals surface area contributed by atoms with Gasteiger partial charge in [-0.2, -0.15) is 0 Å². The quantitative estimate of drug-likeness (QED) is 0.144. The number of carbonyl (C=O) groups excluding carboxylic acids is 1. The van der Waals surface area contributed by atoms with E-state index in [2.05, 4.69) is 123 Å². The van der Waals surface area contributed by atoms with E-state index in [1.165, 1.54) is 0 Å². The molecule has 0 N–H and O–H groups in total. The van der Waals surface area contributed by atoms with Crippen molar-refractivity contribution in [2.45, 2.75) is 174 Å². The summed E-state index contributed by atoms with van der Waals surface area (Å²) in [5.74, 6) is 0.168. The van der Waals surface area contributed by atoms with E-state index in [-0.39, 0.29) is 22.1 Å². The summed E-state index contributed by atoms with van der Waals surface area (Å²) in [7, 11) is -6.17. The van der Waals surface area contributed by atoms with Crippen LogP contribution in [0.2, 0.25) is 52.9 Å². The molecule has 0 aromatic heterocycles. The molecule has 0 spiro atoms. The van der Waals surface area contributed by atoms with E-state index >= 15 is 0 Å². The summed E-state index contributed by atoms with van der Waals surface area (Å²) in [6, 6.07) is 0. The Bertz CT molecular complexity index is 683. The SMILES string of the molecule is CC(C)[Si](O[C@@H](CC=O)C[C@@](C)(O[Si](C)(C)C(C)(C)C)[C@@H](C)CO[Si](C)(C)C(C)(C)C)(C(C)C)C(C)C. The maximum absolute atomic E-state index is 12.0. The average molecular weight is 575 g/mol. The van der Waals surface area contributed by atoms with Crippen LogP contribution < -0.4 is 0 Å². The van der Waals surface area contributed by atoms with Crippen molar-refractivity contribution in [3.63, 3.8) is 0 Å². The summed E-state index contributed by atoms with van der Waals surface area (Å²) >= 11 is 0. The summed E-state index contributed by atoms with van der Waals surface area (Å²) in [6.07, 6.45) is 2.02. The highest BCUT2D eigenvalue weighted by molar-refractivity contribution is 6.77. The zero-order chi connectivity index (χ0) is 29.8. The maximum Gasteiger partial charge on any atom is 0.200 e. The van der Waals surface area contributed by atoms with E-state index in [1.807, 2.05) is 0 Å². The predicted molar refractivity (Wildman–Crippen MR) is 170 cm³/mol. The molecule has 222 valence electrons. The zero-order valence-corrected chi connectivity index (χ0v) is 31.2. The first-order valence-corrected chi connectivity index (χ1v) is 22.7. The molecule has 0 bridgehead atoms. The highest BCUT2D eigenvalue weighted by atomic mass is 28.4. The van der Waals surface area contributed by atoms with Gasteiger partial charge in [-0.1, -0.05) is 90.0 Å². The summed E-state index contributed by atoms with van der Waals surface area (Å²) in [5, 5.41) is 0.241. The number of rotatable bonds is 15. The topological polar surface area (TPSA) is 44.8 Å². The summed E-state index contributed by atoms with van der Waals surface area (Å²) in [4.78, 5) is 12.0. The predicted octanol–water partition coefficient (Wildman–Crippen LogP) is 9.96. The molecule has 7 heteroatoms. The van der Waals surface area contributed by atoms with Crippen LogP contribution in [0.15, 0.2) is 0 Å². The highest BCUT2D eigenvalue weighted by Gasteiger charge is 2.50. The zero-order valence-electron chi connectivity index (χ0n) is 28.2. The first kappa shape index (κ1) is 37.2. The standard InChI is InChI=1S/C30H66O4Si3/c1-23(2)37(24(3)4,25(5)6)33-27(19-20-31)21-30(14,34-36(17,18)29(11,12)13)26(7)22-32-35(15,16)28(8,9)10/h20,23-27H,19,21-22H2,1-18H3/t26-,27-,30+/m0/s1. The molecule has 0 radical (unpaired) electrons. The normalized spacial score (nSPS) is 17.9. The minimum absolute atomic E-state index is 0.0849.